The van der Waals surface area contributed by atoms with Gasteiger partial charge in [-0.2, -0.15) is 4.98 Å². The molecule has 5 heteroatoms. The molecule has 0 saturated carbocycles. The zero-order valence-electron chi connectivity index (χ0n) is 16.6. The molecule has 0 amide bonds. The molecule has 0 atom stereocenters. The maximum atomic E-state index is 5.47. The van der Waals surface area contributed by atoms with Crippen molar-refractivity contribution in [3.63, 3.8) is 0 Å². The second kappa shape index (κ2) is 8.08. The third-order valence-electron chi connectivity index (χ3n) is 4.33. The van der Waals surface area contributed by atoms with E-state index >= 15 is 0 Å². The molecule has 5 nitrogen and oxygen atoms in total. The number of benzene rings is 2. The minimum atomic E-state index is 0.678. The zero-order valence-corrected chi connectivity index (χ0v) is 16.6. The van der Waals surface area contributed by atoms with E-state index < -0.39 is 0 Å². The lowest BCUT2D eigenvalue weighted by molar-refractivity contribution is 0.416. The summed E-state index contributed by atoms with van der Waals surface area (Å²) in [4.78, 5) is 11.5. The topological polar surface area (TPSA) is 50.3 Å². The van der Waals surface area contributed by atoms with Crippen LogP contribution >= 0.6 is 0 Å². The van der Waals surface area contributed by atoms with Gasteiger partial charge in [0.1, 0.15) is 11.6 Å². The van der Waals surface area contributed by atoms with Crippen molar-refractivity contribution in [2.45, 2.75) is 27.7 Å². The summed E-state index contributed by atoms with van der Waals surface area (Å²) in [7, 11) is 1.67. The van der Waals surface area contributed by atoms with Crippen molar-refractivity contribution in [1.82, 2.24) is 9.97 Å². The van der Waals surface area contributed by atoms with E-state index in [1.54, 1.807) is 7.11 Å². The highest BCUT2D eigenvalue weighted by molar-refractivity contribution is 5.67. The molecule has 0 aliphatic rings. The summed E-state index contributed by atoms with van der Waals surface area (Å²) in [6.45, 7) is 9.00. The molecule has 2 aromatic carbocycles. The van der Waals surface area contributed by atoms with Crippen molar-refractivity contribution in [2.24, 2.45) is 0 Å². The van der Waals surface area contributed by atoms with Crippen LogP contribution in [0, 0.1) is 20.8 Å². The van der Waals surface area contributed by atoms with E-state index in [0.717, 1.165) is 40.7 Å². The number of methoxy groups -OCH3 is 1. The monoisotopic (exact) mass is 362 g/mol. The summed E-state index contributed by atoms with van der Waals surface area (Å²) in [5.41, 5.74) is 5.24. The van der Waals surface area contributed by atoms with Crippen LogP contribution in [0.3, 0.4) is 0 Å². The molecule has 0 aliphatic carbocycles. The molecule has 1 N–H and O–H groups in total. The molecule has 0 bridgehead atoms. The number of rotatable bonds is 6. The second-order valence-corrected chi connectivity index (χ2v) is 6.61. The number of aryl methyl sites for hydroxylation is 3. The van der Waals surface area contributed by atoms with Crippen molar-refractivity contribution in [1.29, 1.82) is 0 Å². The van der Waals surface area contributed by atoms with Gasteiger partial charge < -0.3 is 15.0 Å². The molecule has 0 saturated heterocycles. The summed E-state index contributed by atoms with van der Waals surface area (Å²) in [5, 5.41) is 3.38. The first-order valence-electron chi connectivity index (χ1n) is 9.11. The predicted octanol–water partition coefficient (Wildman–Crippen LogP) is 5.31. The number of ether oxygens (including phenoxy) is 1. The zero-order chi connectivity index (χ0) is 19.4. The van der Waals surface area contributed by atoms with Crippen molar-refractivity contribution in [2.75, 3.05) is 23.9 Å². The molecule has 0 spiro atoms. The molecule has 3 rings (SSSR count). The van der Waals surface area contributed by atoms with Crippen molar-refractivity contribution in [3.05, 3.63) is 65.4 Å². The van der Waals surface area contributed by atoms with Gasteiger partial charge in [-0.05, 0) is 63.1 Å². The second-order valence-electron chi connectivity index (χ2n) is 6.61. The van der Waals surface area contributed by atoms with Gasteiger partial charge in [-0.25, -0.2) is 4.98 Å². The Morgan fingerprint density at radius 1 is 0.963 bits per heavy atom. The summed E-state index contributed by atoms with van der Waals surface area (Å²) >= 11 is 0. The van der Waals surface area contributed by atoms with E-state index in [1.807, 2.05) is 31.2 Å². The van der Waals surface area contributed by atoms with Crippen molar-refractivity contribution in [3.8, 4) is 5.75 Å². The SMILES string of the molecule is CCN(c1cccc(C)c1)c1nc(C)cc(Nc2cc(C)ccc2OC)n1. The lowest BCUT2D eigenvalue weighted by atomic mass is 10.2. The fourth-order valence-corrected chi connectivity index (χ4v) is 3.03. The highest BCUT2D eigenvalue weighted by atomic mass is 16.5. The Hall–Kier alpha value is -3.08. The summed E-state index contributed by atoms with van der Waals surface area (Å²) in [6, 6.07) is 16.3. The van der Waals surface area contributed by atoms with E-state index in [0.29, 0.717) is 5.95 Å². The Morgan fingerprint density at radius 3 is 2.44 bits per heavy atom. The Balaban J connectivity index is 1.98. The van der Waals surface area contributed by atoms with Crippen LogP contribution in [0.1, 0.15) is 23.7 Å². The van der Waals surface area contributed by atoms with Crippen LogP contribution < -0.4 is 15.0 Å². The Labute approximate surface area is 161 Å². The maximum Gasteiger partial charge on any atom is 0.232 e. The number of hydrogen-bond acceptors (Lipinski definition) is 5. The van der Waals surface area contributed by atoms with Gasteiger partial charge in [0, 0.05) is 24.0 Å². The van der Waals surface area contributed by atoms with E-state index in [4.69, 9.17) is 9.72 Å². The lowest BCUT2D eigenvalue weighted by Crippen LogP contribution is -2.19. The number of nitrogens with zero attached hydrogens (tertiary/aromatic N) is 3. The van der Waals surface area contributed by atoms with Gasteiger partial charge in [-0.1, -0.05) is 18.2 Å². The highest BCUT2D eigenvalue weighted by Crippen LogP contribution is 2.30. The smallest absolute Gasteiger partial charge is 0.232 e. The van der Waals surface area contributed by atoms with Gasteiger partial charge >= 0.3 is 0 Å². The quantitative estimate of drug-likeness (QED) is 0.644. The maximum absolute atomic E-state index is 5.47. The van der Waals surface area contributed by atoms with Crippen LogP contribution in [0.2, 0.25) is 0 Å². The van der Waals surface area contributed by atoms with Gasteiger partial charge in [0.25, 0.3) is 0 Å². The minimum Gasteiger partial charge on any atom is -0.495 e. The first kappa shape index (κ1) is 18.7. The van der Waals surface area contributed by atoms with Gasteiger partial charge in [0.2, 0.25) is 5.95 Å². The van der Waals surface area contributed by atoms with E-state index in [1.165, 1.54) is 5.56 Å². The average Bonchev–Trinajstić information content (AvgIpc) is 2.62. The van der Waals surface area contributed by atoms with Crippen molar-refractivity contribution >= 4 is 23.1 Å². The molecule has 1 heterocycles. The average molecular weight is 362 g/mol. The molecule has 0 aliphatic heterocycles. The number of aromatic nitrogens is 2. The van der Waals surface area contributed by atoms with Gasteiger partial charge in [0.15, 0.2) is 0 Å². The molecule has 3 aromatic rings. The molecule has 140 valence electrons. The number of anilines is 4. The molecular weight excluding hydrogens is 336 g/mol. The normalized spacial score (nSPS) is 10.6. The first-order chi connectivity index (χ1) is 13.0. The minimum absolute atomic E-state index is 0.678. The summed E-state index contributed by atoms with van der Waals surface area (Å²) in [5.74, 6) is 2.20. The van der Waals surface area contributed by atoms with Crippen molar-refractivity contribution < 1.29 is 4.74 Å². The Kier molecular flexibility index (Phi) is 5.60. The molecule has 0 unspecified atom stereocenters. The largest absolute Gasteiger partial charge is 0.495 e. The standard InChI is InChI=1S/C22H26N4O/c1-6-26(18-9-7-8-15(2)12-18)22-23-17(4)14-21(25-22)24-19-13-16(3)10-11-20(19)27-5/h7-14H,6H2,1-5H3,(H,23,24,25). The van der Waals surface area contributed by atoms with Gasteiger partial charge in [0.05, 0.1) is 12.8 Å². The summed E-state index contributed by atoms with van der Waals surface area (Å²) in [6.07, 6.45) is 0. The van der Waals surface area contributed by atoms with Gasteiger partial charge in [-0.3, -0.25) is 0 Å². The molecule has 0 radical (unpaired) electrons. The predicted molar refractivity (Wildman–Crippen MR) is 112 cm³/mol. The Morgan fingerprint density at radius 2 is 1.74 bits per heavy atom. The number of nitrogens with one attached hydrogen (secondary N) is 1. The Bertz CT molecular complexity index is 939. The lowest BCUT2D eigenvalue weighted by Gasteiger charge is -2.22. The van der Waals surface area contributed by atoms with Crippen LogP contribution in [0.15, 0.2) is 48.5 Å². The number of hydrogen-bond donors (Lipinski definition) is 1. The molecular formula is C22H26N4O. The van der Waals surface area contributed by atoms with Crippen LogP contribution in [-0.4, -0.2) is 23.6 Å². The van der Waals surface area contributed by atoms with E-state index in [-0.39, 0.29) is 0 Å². The highest BCUT2D eigenvalue weighted by Gasteiger charge is 2.13. The molecule has 0 fully saturated rings. The molecule has 1 aromatic heterocycles. The van der Waals surface area contributed by atoms with E-state index in [2.05, 4.69) is 60.2 Å². The fraction of sp³-hybridized carbons (Fsp3) is 0.273. The fourth-order valence-electron chi connectivity index (χ4n) is 3.03. The summed E-state index contributed by atoms with van der Waals surface area (Å²) < 4.78 is 5.47. The van der Waals surface area contributed by atoms with Crippen LogP contribution in [0.4, 0.5) is 23.1 Å². The van der Waals surface area contributed by atoms with E-state index in [9.17, 15) is 0 Å². The third kappa shape index (κ3) is 4.37. The third-order valence-corrected chi connectivity index (χ3v) is 4.33. The van der Waals surface area contributed by atoms with Gasteiger partial charge in [-0.15, -0.1) is 0 Å². The molecule has 27 heavy (non-hydrogen) atoms. The van der Waals surface area contributed by atoms with Crippen LogP contribution in [0.5, 0.6) is 5.75 Å². The van der Waals surface area contributed by atoms with Crippen LogP contribution in [0.25, 0.3) is 0 Å². The first-order valence-corrected chi connectivity index (χ1v) is 9.11. The van der Waals surface area contributed by atoms with Crippen LogP contribution in [-0.2, 0) is 0 Å².